The molecule has 26 heavy (non-hydrogen) atoms. The van der Waals surface area contributed by atoms with E-state index in [4.69, 9.17) is 11.6 Å². The fraction of sp³-hybridized carbons (Fsp3) is 0.353. The molecule has 1 aliphatic rings. The Hall–Kier alpha value is -2.06. The fourth-order valence-electron chi connectivity index (χ4n) is 2.63. The molecule has 1 aliphatic heterocycles. The van der Waals surface area contributed by atoms with E-state index in [-0.39, 0.29) is 23.0 Å². The number of nitrogens with zero attached hydrogens (tertiary/aromatic N) is 2. The molecule has 0 radical (unpaired) electrons. The number of benzene rings is 1. The normalized spacial score (nSPS) is 12.7. The van der Waals surface area contributed by atoms with E-state index in [2.05, 4.69) is 15.7 Å². The molecular formula is C17H18ClFN4O2S. The monoisotopic (exact) mass is 396 g/mol. The van der Waals surface area contributed by atoms with E-state index < -0.39 is 11.7 Å². The zero-order valence-electron chi connectivity index (χ0n) is 14.1. The smallest absolute Gasteiger partial charge is 0.258 e. The van der Waals surface area contributed by atoms with Crippen LogP contribution in [0.1, 0.15) is 35.0 Å². The molecule has 0 bridgehead atoms. The largest absolute Gasteiger partial charge is 0.355 e. The highest BCUT2D eigenvalue weighted by atomic mass is 35.5. The number of fused-ring (bicyclic) bond motifs is 1. The number of thioether (sulfide) groups is 1. The van der Waals surface area contributed by atoms with Crippen molar-refractivity contribution < 1.29 is 14.0 Å². The van der Waals surface area contributed by atoms with Crippen molar-refractivity contribution in [1.29, 1.82) is 0 Å². The van der Waals surface area contributed by atoms with Crippen LogP contribution in [0.15, 0.2) is 18.2 Å². The van der Waals surface area contributed by atoms with Crippen LogP contribution in [0.25, 0.3) is 0 Å². The van der Waals surface area contributed by atoms with Crippen molar-refractivity contribution in [2.75, 3.05) is 11.9 Å². The second kappa shape index (κ2) is 8.09. The summed E-state index contributed by atoms with van der Waals surface area (Å²) in [7, 11) is 0. The van der Waals surface area contributed by atoms with Crippen LogP contribution in [-0.2, 0) is 22.8 Å². The fourth-order valence-corrected chi connectivity index (χ4v) is 3.91. The number of aromatic nitrogens is 2. The minimum absolute atomic E-state index is 0.0183. The van der Waals surface area contributed by atoms with Crippen LogP contribution in [0, 0.1) is 5.82 Å². The van der Waals surface area contributed by atoms with Crippen LogP contribution in [0.3, 0.4) is 0 Å². The summed E-state index contributed by atoms with van der Waals surface area (Å²) in [6.45, 7) is 2.57. The first-order chi connectivity index (χ1) is 12.5. The first-order valence-electron chi connectivity index (χ1n) is 8.19. The van der Waals surface area contributed by atoms with Crippen molar-refractivity contribution in [2.45, 2.75) is 31.4 Å². The molecule has 0 spiro atoms. The molecule has 0 atom stereocenters. The van der Waals surface area contributed by atoms with Gasteiger partial charge >= 0.3 is 0 Å². The third-order valence-corrected chi connectivity index (χ3v) is 5.18. The maximum atomic E-state index is 13.2. The minimum Gasteiger partial charge on any atom is -0.355 e. The molecule has 6 nitrogen and oxygen atoms in total. The van der Waals surface area contributed by atoms with Gasteiger partial charge in [0.15, 0.2) is 0 Å². The highest BCUT2D eigenvalue weighted by molar-refractivity contribution is 7.98. The summed E-state index contributed by atoms with van der Waals surface area (Å²) in [5.41, 5.74) is 1.93. The molecule has 0 saturated heterocycles. The molecule has 1 aromatic carbocycles. The first kappa shape index (κ1) is 18.7. The Morgan fingerprint density at radius 1 is 1.38 bits per heavy atom. The quantitative estimate of drug-likeness (QED) is 0.786. The molecule has 0 saturated carbocycles. The van der Waals surface area contributed by atoms with Gasteiger partial charge in [-0.05, 0) is 24.6 Å². The Morgan fingerprint density at radius 3 is 2.92 bits per heavy atom. The number of nitrogens with one attached hydrogen (secondary N) is 2. The SMILES string of the molecule is CCCNC(=O)Cn1nc2c(c1NC(=O)c1ccc(F)cc1Cl)CSC2. The van der Waals surface area contributed by atoms with Gasteiger partial charge in [-0.3, -0.25) is 9.59 Å². The molecular weight excluding hydrogens is 379 g/mol. The second-order valence-corrected chi connectivity index (χ2v) is 7.25. The first-order valence-corrected chi connectivity index (χ1v) is 9.72. The average molecular weight is 397 g/mol. The third-order valence-electron chi connectivity index (χ3n) is 3.89. The van der Waals surface area contributed by atoms with Gasteiger partial charge in [0.2, 0.25) is 5.91 Å². The van der Waals surface area contributed by atoms with Gasteiger partial charge in [-0.15, -0.1) is 0 Å². The molecule has 9 heteroatoms. The van der Waals surface area contributed by atoms with Gasteiger partial charge in [0.1, 0.15) is 18.2 Å². The van der Waals surface area contributed by atoms with Gasteiger partial charge in [0, 0.05) is 23.6 Å². The van der Waals surface area contributed by atoms with Gasteiger partial charge in [0.25, 0.3) is 5.91 Å². The number of hydrogen-bond donors (Lipinski definition) is 2. The minimum atomic E-state index is -0.513. The van der Waals surface area contributed by atoms with E-state index in [9.17, 15) is 14.0 Å². The molecule has 138 valence electrons. The van der Waals surface area contributed by atoms with Gasteiger partial charge in [-0.25, -0.2) is 9.07 Å². The average Bonchev–Trinajstić information content (AvgIpc) is 3.16. The highest BCUT2D eigenvalue weighted by Crippen LogP contribution is 2.35. The van der Waals surface area contributed by atoms with Crippen LogP contribution >= 0.6 is 23.4 Å². The Labute approximate surface area is 159 Å². The van der Waals surface area contributed by atoms with Crippen molar-refractivity contribution in [3.05, 3.63) is 45.9 Å². The van der Waals surface area contributed by atoms with Gasteiger partial charge in [0.05, 0.1) is 16.3 Å². The Bertz CT molecular complexity index is 856. The number of carbonyl (C=O) groups is 2. The predicted octanol–water partition coefficient (Wildman–Crippen LogP) is 3.20. The van der Waals surface area contributed by atoms with Crippen LogP contribution < -0.4 is 10.6 Å². The van der Waals surface area contributed by atoms with E-state index in [0.29, 0.717) is 18.1 Å². The summed E-state index contributed by atoms with van der Waals surface area (Å²) in [6, 6.07) is 3.60. The number of amides is 2. The third kappa shape index (κ3) is 4.02. The molecule has 0 aliphatic carbocycles. The Balaban J connectivity index is 1.84. The molecule has 2 heterocycles. The zero-order valence-corrected chi connectivity index (χ0v) is 15.7. The van der Waals surface area contributed by atoms with Crippen molar-refractivity contribution >= 4 is 41.0 Å². The predicted molar refractivity (Wildman–Crippen MR) is 99.9 cm³/mol. The lowest BCUT2D eigenvalue weighted by molar-refractivity contribution is -0.121. The van der Waals surface area contributed by atoms with E-state index >= 15 is 0 Å². The second-order valence-electron chi connectivity index (χ2n) is 5.85. The van der Waals surface area contributed by atoms with Gasteiger partial charge in [-0.2, -0.15) is 16.9 Å². The standard InChI is InChI=1S/C17H18ClFN4O2S/c1-2-5-20-15(24)7-23-16(12-8-26-9-14(12)22-23)21-17(25)11-4-3-10(19)6-13(11)18/h3-4,6H,2,5,7-9H2,1H3,(H,20,24)(H,21,25). The summed E-state index contributed by atoms with van der Waals surface area (Å²) in [6.07, 6.45) is 0.838. The van der Waals surface area contributed by atoms with Gasteiger partial charge in [-0.1, -0.05) is 18.5 Å². The van der Waals surface area contributed by atoms with Crippen LogP contribution in [0.2, 0.25) is 5.02 Å². The lowest BCUT2D eigenvalue weighted by Crippen LogP contribution is -2.29. The number of hydrogen-bond acceptors (Lipinski definition) is 4. The summed E-state index contributed by atoms with van der Waals surface area (Å²) < 4.78 is 14.7. The van der Waals surface area contributed by atoms with Crippen molar-refractivity contribution in [1.82, 2.24) is 15.1 Å². The lowest BCUT2D eigenvalue weighted by Gasteiger charge is -2.12. The molecule has 2 aromatic rings. The Kier molecular flexibility index (Phi) is 5.83. The van der Waals surface area contributed by atoms with E-state index in [1.165, 1.54) is 16.8 Å². The van der Waals surface area contributed by atoms with Crippen molar-refractivity contribution in [3.8, 4) is 0 Å². The number of halogens is 2. The molecule has 1 aromatic heterocycles. The number of rotatable bonds is 6. The molecule has 0 fully saturated rings. The maximum absolute atomic E-state index is 13.2. The van der Waals surface area contributed by atoms with Gasteiger partial charge < -0.3 is 10.6 Å². The topological polar surface area (TPSA) is 76.0 Å². The lowest BCUT2D eigenvalue weighted by atomic mass is 10.2. The van der Waals surface area contributed by atoms with E-state index in [1.54, 1.807) is 11.8 Å². The molecule has 2 N–H and O–H groups in total. The number of carbonyl (C=O) groups excluding carboxylic acids is 2. The van der Waals surface area contributed by atoms with Crippen molar-refractivity contribution in [2.24, 2.45) is 0 Å². The summed E-state index contributed by atoms with van der Waals surface area (Å²) in [4.78, 5) is 24.6. The highest BCUT2D eigenvalue weighted by Gasteiger charge is 2.25. The Morgan fingerprint density at radius 2 is 2.19 bits per heavy atom. The summed E-state index contributed by atoms with van der Waals surface area (Å²) >= 11 is 7.66. The number of anilines is 1. The van der Waals surface area contributed by atoms with E-state index in [1.807, 2.05) is 6.92 Å². The van der Waals surface area contributed by atoms with Crippen LogP contribution in [0.5, 0.6) is 0 Å². The summed E-state index contributed by atoms with van der Waals surface area (Å²) in [5, 5.41) is 10.1. The molecule has 2 amide bonds. The van der Waals surface area contributed by atoms with Crippen LogP contribution in [-0.4, -0.2) is 28.1 Å². The van der Waals surface area contributed by atoms with E-state index in [0.717, 1.165) is 29.5 Å². The van der Waals surface area contributed by atoms with Crippen molar-refractivity contribution in [3.63, 3.8) is 0 Å². The zero-order chi connectivity index (χ0) is 18.7. The van der Waals surface area contributed by atoms with Crippen LogP contribution in [0.4, 0.5) is 10.2 Å². The summed E-state index contributed by atoms with van der Waals surface area (Å²) in [5.74, 6) is 0.780. The maximum Gasteiger partial charge on any atom is 0.258 e. The molecule has 3 rings (SSSR count). The molecule has 0 unspecified atom stereocenters.